The molecule has 128 valence electrons. The first kappa shape index (κ1) is 19.7. The van der Waals surface area contributed by atoms with Gasteiger partial charge in [-0.1, -0.05) is 40.9 Å². The van der Waals surface area contributed by atoms with Crippen LogP contribution in [-0.2, 0) is 25.7 Å². The molecule has 24 heavy (non-hydrogen) atoms. The number of hydrogen-bond acceptors (Lipinski definition) is 4. The molecule has 0 aromatic carbocycles. The number of nitrogens with zero attached hydrogens (tertiary/aromatic N) is 4. The standard InChI is InChI=1S/2C10H14N2/c2*1-4-8-7-11-9(5-2)10(6-3)12-8/h2*5,7H,2,4,6H2,1,3H3. The van der Waals surface area contributed by atoms with Gasteiger partial charge in [0.1, 0.15) is 0 Å². The van der Waals surface area contributed by atoms with Crippen LogP contribution in [0.25, 0.3) is 12.2 Å². The smallest absolute Gasteiger partial charge is 0.0839 e. The first-order valence-electron chi connectivity index (χ1n) is 8.57. The molecule has 2 aromatic rings. The molecule has 2 aromatic heterocycles. The van der Waals surface area contributed by atoms with E-state index in [2.05, 4.69) is 60.8 Å². The monoisotopic (exact) mass is 324 g/mol. The highest BCUT2D eigenvalue weighted by Crippen LogP contribution is 2.07. The van der Waals surface area contributed by atoms with Crippen molar-refractivity contribution in [3.05, 3.63) is 59.7 Å². The van der Waals surface area contributed by atoms with Crippen LogP contribution in [0.4, 0.5) is 0 Å². The minimum absolute atomic E-state index is 0.912. The van der Waals surface area contributed by atoms with Crippen molar-refractivity contribution in [2.24, 2.45) is 0 Å². The molecule has 0 unspecified atom stereocenters. The van der Waals surface area contributed by atoms with Crippen molar-refractivity contribution in [3.63, 3.8) is 0 Å². The molecule has 0 aliphatic heterocycles. The molecular formula is C20H28N4. The van der Waals surface area contributed by atoms with Crippen LogP contribution < -0.4 is 0 Å². The second kappa shape index (κ2) is 10.4. The van der Waals surface area contributed by atoms with E-state index in [-0.39, 0.29) is 0 Å². The van der Waals surface area contributed by atoms with E-state index in [1.165, 1.54) is 0 Å². The van der Waals surface area contributed by atoms with Gasteiger partial charge in [0.2, 0.25) is 0 Å². The summed E-state index contributed by atoms with van der Waals surface area (Å²) in [6.45, 7) is 15.7. The fraction of sp³-hybridized carbons (Fsp3) is 0.400. The van der Waals surface area contributed by atoms with Crippen molar-refractivity contribution in [2.75, 3.05) is 0 Å². The molecule has 4 heteroatoms. The van der Waals surface area contributed by atoms with E-state index in [9.17, 15) is 0 Å². The summed E-state index contributed by atoms with van der Waals surface area (Å²) in [5.74, 6) is 0. The normalized spacial score (nSPS) is 9.83. The number of aryl methyl sites for hydroxylation is 4. The van der Waals surface area contributed by atoms with Gasteiger partial charge in [0.25, 0.3) is 0 Å². The largest absolute Gasteiger partial charge is 0.254 e. The second-order valence-corrected chi connectivity index (χ2v) is 5.21. The van der Waals surface area contributed by atoms with E-state index in [4.69, 9.17) is 0 Å². The molecule has 0 radical (unpaired) electrons. The highest BCUT2D eigenvalue weighted by Gasteiger charge is 2.01. The zero-order chi connectivity index (χ0) is 17.9. The average molecular weight is 324 g/mol. The molecule has 0 atom stereocenters. The Morgan fingerprint density at radius 1 is 0.708 bits per heavy atom. The molecular weight excluding hydrogens is 296 g/mol. The minimum Gasteiger partial charge on any atom is -0.254 e. The van der Waals surface area contributed by atoms with Crippen LogP contribution in [0, 0.1) is 0 Å². The van der Waals surface area contributed by atoms with Crippen LogP contribution in [0.1, 0.15) is 61.9 Å². The number of hydrogen-bond donors (Lipinski definition) is 0. The Kier molecular flexibility index (Phi) is 8.55. The van der Waals surface area contributed by atoms with Crippen molar-refractivity contribution in [1.29, 1.82) is 0 Å². The molecule has 0 saturated carbocycles. The van der Waals surface area contributed by atoms with Crippen LogP contribution in [0.5, 0.6) is 0 Å². The summed E-state index contributed by atoms with van der Waals surface area (Å²) in [6, 6.07) is 0. The van der Waals surface area contributed by atoms with Crippen molar-refractivity contribution < 1.29 is 0 Å². The molecule has 0 bridgehead atoms. The van der Waals surface area contributed by atoms with E-state index in [1.807, 2.05) is 12.4 Å². The quantitative estimate of drug-likeness (QED) is 0.785. The van der Waals surface area contributed by atoms with Gasteiger partial charge < -0.3 is 0 Å². The Bertz CT molecular complexity index is 618. The van der Waals surface area contributed by atoms with E-state index in [0.29, 0.717) is 0 Å². The summed E-state index contributed by atoms with van der Waals surface area (Å²) >= 11 is 0. The van der Waals surface area contributed by atoms with Gasteiger partial charge >= 0.3 is 0 Å². The average Bonchev–Trinajstić information content (AvgIpc) is 2.67. The fourth-order valence-corrected chi connectivity index (χ4v) is 2.16. The summed E-state index contributed by atoms with van der Waals surface area (Å²) in [7, 11) is 0. The highest BCUT2D eigenvalue weighted by molar-refractivity contribution is 5.45. The van der Waals surface area contributed by atoms with Gasteiger partial charge in [0.05, 0.1) is 34.2 Å². The second-order valence-electron chi connectivity index (χ2n) is 5.21. The summed E-state index contributed by atoms with van der Waals surface area (Å²) in [6.07, 6.45) is 10.9. The molecule has 0 saturated heterocycles. The molecule has 2 rings (SSSR count). The first-order chi connectivity index (χ1) is 11.6. The van der Waals surface area contributed by atoms with E-state index in [0.717, 1.165) is 59.8 Å². The van der Waals surface area contributed by atoms with Crippen LogP contribution in [0.3, 0.4) is 0 Å². The lowest BCUT2D eigenvalue weighted by atomic mass is 10.2. The number of rotatable bonds is 6. The Morgan fingerprint density at radius 3 is 1.33 bits per heavy atom. The van der Waals surface area contributed by atoms with E-state index >= 15 is 0 Å². The lowest BCUT2D eigenvalue weighted by molar-refractivity contribution is 0.914. The van der Waals surface area contributed by atoms with Gasteiger partial charge in [-0.15, -0.1) is 0 Å². The predicted molar refractivity (Wildman–Crippen MR) is 102 cm³/mol. The van der Waals surface area contributed by atoms with Crippen LogP contribution in [0.15, 0.2) is 25.6 Å². The van der Waals surface area contributed by atoms with Gasteiger partial charge in [0.15, 0.2) is 0 Å². The third-order valence-corrected chi connectivity index (χ3v) is 3.63. The van der Waals surface area contributed by atoms with Crippen molar-refractivity contribution >= 4 is 12.2 Å². The number of aromatic nitrogens is 4. The third kappa shape index (κ3) is 5.37. The topological polar surface area (TPSA) is 51.6 Å². The van der Waals surface area contributed by atoms with Crippen molar-refractivity contribution in [1.82, 2.24) is 19.9 Å². The van der Waals surface area contributed by atoms with Gasteiger partial charge in [-0.05, 0) is 37.8 Å². The predicted octanol–water partition coefficient (Wildman–Crippen LogP) is 4.49. The zero-order valence-electron chi connectivity index (χ0n) is 15.3. The van der Waals surface area contributed by atoms with Gasteiger partial charge in [-0.25, -0.2) is 0 Å². The zero-order valence-corrected chi connectivity index (χ0v) is 15.3. The van der Waals surface area contributed by atoms with Gasteiger partial charge in [-0.3, -0.25) is 19.9 Å². The molecule has 0 aliphatic rings. The van der Waals surface area contributed by atoms with Crippen LogP contribution in [-0.4, -0.2) is 19.9 Å². The maximum absolute atomic E-state index is 4.45. The Balaban J connectivity index is 0.000000240. The SMILES string of the molecule is C=Cc1ncc(CC)nc1CC.C=Cc1ncc(CC)nc1CC. The molecule has 2 heterocycles. The van der Waals surface area contributed by atoms with Gasteiger partial charge in [0, 0.05) is 12.4 Å². The minimum atomic E-state index is 0.912. The maximum Gasteiger partial charge on any atom is 0.0839 e. The Hall–Kier alpha value is -2.36. The molecule has 4 nitrogen and oxygen atoms in total. The Labute approximate surface area is 145 Å². The highest BCUT2D eigenvalue weighted by atomic mass is 14.8. The third-order valence-electron chi connectivity index (χ3n) is 3.63. The lowest BCUT2D eigenvalue weighted by Gasteiger charge is -2.02. The summed E-state index contributed by atoms with van der Waals surface area (Å²) in [5, 5.41) is 0. The first-order valence-corrected chi connectivity index (χ1v) is 8.57. The van der Waals surface area contributed by atoms with E-state index in [1.54, 1.807) is 12.2 Å². The van der Waals surface area contributed by atoms with Crippen molar-refractivity contribution in [3.8, 4) is 0 Å². The van der Waals surface area contributed by atoms with Crippen LogP contribution >= 0.6 is 0 Å². The van der Waals surface area contributed by atoms with E-state index < -0.39 is 0 Å². The molecule has 0 N–H and O–H groups in total. The lowest BCUT2D eigenvalue weighted by Crippen LogP contribution is -1.99. The summed E-state index contributed by atoms with van der Waals surface area (Å²) in [5.41, 5.74) is 6.02. The fourth-order valence-electron chi connectivity index (χ4n) is 2.16. The molecule has 0 aliphatic carbocycles. The van der Waals surface area contributed by atoms with Crippen molar-refractivity contribution in [2.45, 2.75) is 53.4 Å². The summed E-state index contributed by atoms with van der Waals surface area (Å²) < 4.78 is 0. The Morgan fingerprint density at radius 2 is 1.08 bits per heavy atom. The van der Waals surface area contributed by atoms with Crippen LogP contribution in [0.2, 0.25) is 0 Å². The molecule has 0 fully saturated rings. The molecule has 0 spiro atoms. The van der Waals surface area contributed by atoms with Gasteiger partial charge in [-0.2, -0.15) is 0 Å². The molecule has 0 amide bonds. The maximum atomic E-state index is 4.45. The summed E-state index contributed by atoms with van der Waals surface area (Å²) in [4.78, 5) is 17.4.